The molecule has 22 heavy (non-hydrogen) atoms. The van der Waals surface area contributed by atoms with E-state index in [2.05, 4.69) is 36.4 Å². The third-order valence-corrected chi connectivity index (χ3v) is 4.18. The van der Waals surface area contributed by atoms with Crippen molar-refractivity contribution in [2.75, 3.05) is 31.6 Å². The minimum Gasteiger partial charge on any atom is -0.357 e. The number of hydrogen-bond donors (Lipinski definition) is 2. The van der Waals surface area contributed by atoms with Crippen molar-refractivity contribution in [1.29, 1.82) is 0 Å². The molecule has 0 radical (unpaired) electrons. The highest BCUT2D eigenvalue weighted by molar-refractivity contribution is 14.0. The summed E-state index contributed by atoms with van der Waals surface area (Å²) in [6, 6.07) is 0. The van der Waals surface area contributed by atoms with Crippen LogP contribution in [0.4, 0.5) is 0 Å². The Morgan fingerprint density at radius 1 is 1.14 bits per heavy atom. The minimum absolute atomic E-state index is 0. The maximum absolute atomic E-state index is 11.1. The summed E-state index contributed by atoms with van der Waals surface area (Å²) in [4.78, 5) is 4.58. The second kappa shape index (κ2) is 12.4. The molecule has 0 amide bonds. The summed E-state index contributed by atoms with van der Waals surface area (Å²) in [6.07, 6.45) is 6.13. The predicted octanol–water partition coefficient (Wildman–Crippen LogP) is 2.81. The summed E-state index contributed by atoms with van der Waals surface area (Å²) in [6.45, 7) is 10.6. The molecular formula is C15H34IN3O2S. The number of unbranched alkanes of at least 4 members (excludes halogenated alkanes) is 2. The van der Waals surface area contributed by atoms with Crippen LogP contribution >= 0.6 is 24.0 Å². The number of rotatable bonds is 10. The van der Waals surface area contributed by atoms with Crippen molar-refractivity contribution in [2.24, 2.45) is 10.4 Å². The van der Waals surface area contributed by atoms with Gasteiger partial charge >= 0.3 is 0 Å². The van der Waals surface area contributed by atoms with E-state index in [1.54, 1.807) is 0 Å². The molecule has 0 unspecified atom stereocenters. The van der Waals surface area contributed by atoms with E-state index in [-0.39, 0.29) is 35.1 Å². The Morgan fingerprint density at radius 3 is 2.27 bits per heavy atom. The molecule has 2 N–H and O–H groups in total. The number of halogens is 1. The van der Waals surface area contributed by atoms with E-state index in [1.807, 2.05) is 6.92 Å². The molecule has 7 heteroatoms. The predicted molar refractivity (Wildman–Crippen MR) is 107 cm³/mol. The van der Waals surface area contributed by atoms with Crippen molar-refractivity contribution >= 4 is 39.8 Å². The molecule has 0 rings (SSSR count). The van der Waals surface area contributed by atoms with Crippen LogP contribution in [0.1, 0.15) is 53.4 Å². The molecule has 5 nitrogen and oxygen atoms in total. The summed E-state index contributed by atoms with van der Waals surface area (Å²) in [5.41, 5.74) is 0.175. The highest BCUT2D eigenvalue weighted by Gasteiger charge is 2.17. The van der Waals surface area contributed by atoms with Crippen LogP contribution in [-0.2, 0) is 9.84 Å². The zero-order valence-corrected chi connectivity index (χ0v) is 17.9. The molecule has 134 valence electrons. The lowest BCUT2D eigenvalue weighted by Gasteiger charge is -2.23. The van der Waals surface area contributed by atoms with E-state index < -0.39 is 9.84 Å². The van der Waals surface area contributed by atoms with Crippen LogP contribution in [0.25, 0.3) is 0 Å². The van der Waals surface area contributed by atoms with Gasteiger partial charge in [0.1, 0.15) is 9.84 Å². The first kappa shape index (κ1) is 24.2. The van der Waals surface area contributed by atoms with Gasteiger partial charge in [-0.3, -0.25) is 4.99 Å². The van der Waals surface area contributed by atoms with Crippen LogP contribution in [0.5, 0.6) is 0 Å². The van der Waals surface area contributed by atoms with Gasteiger partial charge in [0.15, 0.2) is 5.96 Å². The van der Waals surface area contributed by atoms with Gasteiger partial charge in [-0.15, -0.1) is 24.0 Å². The molecule has 0 aliphatic rings. The van der Waals surface area contributed by atoms with Gasteiger partial charge in [-0.2, -0.15) is 0 Å². The maximum atomic E-state index is 11.1. The van der Waals surface area contributed by atoms with Gasteiger partial charge in [0.25, 0.3) is 0 Å². The molecule has 0 aromatic rings. The van der Waals surface area contributed by atoms with Gasteiger partial charge < -0.3 is 10.6 Å². The molecule has 0 spiro atoms. The minimum atomic E-state index is -2.94. The molecule has 0 heterocycles. The van der Waals surface area contributed by atoms with Crippen LogP contribution in [-0.4, -0.2) is 46.0 Å². The topological polar surface area (TPSA) is 70.6 Å². The molecule has 0 saturated heterocycles. The van der Waals surface area contributed by atoms with Crippen LogP contribution < -0.4 is 10.6 Å². The fourth-order valence-corrected chi connectivity index (χ4v) is 2.40. The van der Waals surface area contributed by atoms with E-state index in [0.717, 1.165) is 19.5 Å². The van der Waals surface area contributed by atoms with Crippen LogP contribution in [0, 0.1) is 5.41 Å². The fourth-order valence-electron chi connectivity index (χ4n) is 1.92. The average Bonchev–Trinajstić information content (AvgIpc) is 2.35. The fraction of sp³-hybridized carbons (Fsp3) is 0.933. The lowest BCUT2D eigenvalue weighted by atomic mass is 9.87. The summed E-state index contributed by atoms with van der Waals surface area (Å²) >= 11 is 0. The number of sulfone groups is 1. The van der Waals surface area contributed by atoms with E-state index >= 15 is 0 Å². The maximum Gasteiger partial charge on any atom is 0.191 e. The Kier molecular flexibility index (Phi) is 13.6. The monoisotopic (exact) mass is 447 g/mol. The summed E-state index contributed by atoms with van der Waals surface area (Å²) in [7, 11) is -2.94. The van der Waals surface area contributed by atoms with Crippen LogP contribution in [0.3, 0.4) is 0 Å². The summed E-state index contributed by atoms with van der Waals surface area (Å²) in [5.74, 6) is 0.821. The Balaban J connectivity index is 0. The molecular weight excluding hydrogens is 413 g/mol. The van der Waals surface area contributed by atoms with Crippen molar-refractivity contribution in [1.82, 2.24) is 10.6 Å². The number of aliphatic imine (C=N–C) groups is 1. The molecule has 0 aromatic carbocycles. The van der Waals surface area contributed by atoms with E-state index in [4.69, 9.17) is 0 Å². The van der Waals surface area contributed by atoms with Gasteiger partial charge in [0, 0.05) is 25.9 Å². The number of nitrogens with zero attached hydrogens (tertiary/aromatic N) is 1. The van der Waals surface area contributed by atoms with Crippen LogP contribution in [0.15, 0.2) is 4.99 Å². The third kappa shape index (κ3) is 14.9. The van der Waals surface area contributed by atoms with Crippen molar-refractivity contribution in [3.63, 3.8) is 0 Å². The van der Waals surface area contributed by atoms with Crippen LogP contribution in [0.2, 0.25) is 0 Å². The van der Waals surface area contributed by atoms with Gasteiger partial charge in [-0.1, -0.05) is 40.0 Å². The molecule has 0 aliphatic carbocycles. The number of nitrogens with one attached hydrogen (secondary N) is 2. The lowest BCUT2D eigenvalue weighted by Crippen LogP contribution is -2.40. The first-order valence-electron chi connectivity index (χ1n) is 7.90. The second-order valence-electron chi connectivity index (χ2n) is 6.37. The Morgan fingerprint density at radius 2 is 1.77 bits per heavy atom. The quantitative estimate of drug-likeness (QED) is 0.234. The smallest absolute Gasteiger partial charge is 0.191 e. The normalized spacial score (nSPS) is 12.7. The first-order valence-corrected chi connectivity index (χ1v) is 9.96. The highest BCUT2D eigenvalue weighted by Crippen LogP contribution is 2.23. The number of guanidine groups is 1. The Labute approximate surface area is 154 Å². The van der Waals surface area contributed by atoms with Crippen molar-refractivity contribution in [2.45, 2.75) is 53.4 Å². The summed E-state index contributed by atoms with van der Waals surface area (Å²) in [5, 5.41) is 6.23. The highest BCUT2D eigenvalue weighted by atomic mass is 127. The average molecular weight is 447 g/mol. The van der Waals surface area contributed by atoms with Gasteiger partial charge in [-0.25, -0.2) is 8.42 Å². The third-order valence-electron chi connectivity index (χ3n) is 3.23. The van der Waals surface area contributed by atoms with E-state index in [0.29, 0.717) is 12.5 Å². The first-order chi connectivity index (χ1) is 9.70. The van der Waals surface area contributed by atoms with Gasteiger partial charge in [-0.05, 0) is 18.8 Å². The summed E-state index contributed by atoms with van der Waals surface area (Å²) < 4.78 is 22.3. The Hall–Kier alpha value is -0.0500. The Bertz CT molecular complexity index is 409. The largest absolute Gasteiger partial charge is 0.357 e. The zero-order chi connectivity index (χ0) is 16.4. The number of hydrogen-bond acceptors (Lipinski definition) is 3. The molecule has 0 aliphatic heterocycles. The molecule has 0 fully saturated rings. The van der Waals surface area contributed by atoms with E-state index in [1.165, 1.54) is 25.5 Å². The lowest BCUT2D eigenvalue weighted by molar-refractivity contribution is 0.332. The van der Waals surface area contributed by atoms with Crippen molar-refractivity contribution in [3.05, 3.63) is 0 Å². The standard InChI is InChI=1S/C15H33N3O2S.HI/c1-6-8-9-10-15(3,4)13-18-14(16-7-2)17-11-12-21(5,19)20;/h6-13H2,1-5H3,(H2,16,17,18);1H. The van der Waals surface area contributed by atoms with Gasteiger partial charge in [0.05, 0.1) is 5.75 Å². The second-order valence-corrected chi connectivity index (χ2v) is 8.63. The molecule has 0 atom stereocenters. The zero-order valence-electron chi connectivity index (χ0n) is 14.7. The van der Waals surface area contributed by atoms with E-state index in [9.17, 15) is 8.42 Å². The molecule has 0 saturated carbocycles. The van der Waals surface area contributed by atoms with Crippen molar-refractivity contribution in [3.8, 4) is 0 Å². The molecule has 0 aromatic heterocycles. The molecule has 0 bridgehead atoms. The SMILES string of the molecule is CCCCCC(C)(C)CN=C(NCC)NCCS(C)(=O)=O.I. The van der Waals surface area contributed by atoms with Gasteiger partial charge in [0.2, 0.25) is 0 Å². The van der Waals surface area contributed by atoms with Crippen molar-refractivity contribution < 1.29 is 8.42 Å².